The quantitative estimate of drug-likeness (QED) is 0.528. The number of aryl methyl sites for hydroxylation is 1. The van der Waals surface area contributed by atoms with Crippen LogP contribution < -0.4 is 9.41 Å². The Bertz CT molecular complexity index is 652. The largest absolute Gasteiger partial charge is 4.00 e. The van der Waals surface area contributed by atoms with Gasteiger partial charge in [0.05, 0.1) is 0 Å². The molecule has 0 aliphatic heterocycles. The zero-order valence-corrected chi connectivity index (χ0v) is 18.6. The first kappa shape index (κ1) is 26.2. The molecule has 0 N–H and O–H groups in total. The fraction of sp³-hybridized carbons (Fsp3) is 0.364. The van der Waals surface area contributed by atoms with Crippen molar-refractivity contribution in [3.63, 3.8) is 0 Å². The molecule has 3 heteroatoms. The SMILES string of the molecule is CCCc1cc2ccccc2[cH-]1.Cc1c(C)c(C)[c-](C)c1C.[F-].[F-].[Zr+4]. The van der Waals surface area contributed by atoms with Crippen molar-refractivity contribution in [3.8, 4) is 0 Å². The molecule has 0 nitrogen and oxygen atoms in total. The van der Waals surface area contributed by atoms with Crippen LogP contribution in [-0.2, 0) is 32.6 Å². The summed E-state index contributed by atoms with van der Waals surface area (Å²) in [6.07, 6.45) is 2.44. The summed E-state index contributed by atoms with van der Waals surface area (Å²) >= 11 is 0. The third-order valence-corrected chi connectivity index (χ3v) is 5.03. The maximum Gasteiger partial charge on any atom is 4.00 e. The molecular formula is C22H28F2Zr. The second kappa shape index (κ2) is 11.5. The van der Waals surface area contributed by atoms with E-state index in [0.29, 0.717) is 0 Å². The van der Waals surface area contributed by atoms with Gasteiger partial charge < -0.3 is 9.41 Å². The Morgan fingerprint density at radius 2 is 1.44 bits per heavy atom. The van der Waals surface area contributed by atoms with Crippen LogP contribution in [0.5, 0.6) is 0 Å². The van der Waals surface area contributed by atoms with E-state index >= 15 is 0 Å². The first-order valence-corrected chi connectivity index (χ1v) is 8.29. The maximum atomic E-state index is 2.29. The fourth-order valence-corrected chi connectivity index (χ4v) is 3.05. The van der Waals surface area contributed by atoms with Gasteiger partial charge in [-0.2, -0.15) is 33.9 Å². The molecule has 0 aliphatic rings. The molecule has 0 aromatic heterocycles. The molecule has 134 valence electrons. The second-order valence-corrected chi connectivity index (χ2v) is 6.37. The molecule has 0 amide bonds. The van der Waals surface area contributed by atoms with Crippen LogP contribution in [0.15, 0.2) is 36.4 Å². The van der Waals surface area contributed by atoms with Crippen molar-refractivity contribution in [2.24, 2.45) is 0 Å². The van der Waals surface area contributed by atoms with E-state index in [1.807, 2.05) is 0 Å². The molecule has 3 aromatic carbocycles. The van der Waals surface area contributed by atoms with Crippen LogP contribution in [0.3, 0.4) is 0 Å². The molecule has 3 aromatic rings. The summed E-state index contributed by atoms with van der Waals surface area (Å²) in [5, 5.41) is 2.75. The van der Waals surface area contributed by atoms with E-state index < -0.39 is 0 Å². The summed E-state index contributed by atoms with van der Waals surface area (Å²) < 4.78 is 0. The number of rotatable bonds is 2. The van der Waals surface area contributed by atoms with Gasteiger partial charge in [-0.3, -0.25) is 0 Å². The zero-order valence-electron chi connectivity index (χ0n) is 16.1. The van der Waals surface area contributed by atoms with Gasteiger partial charge in [0.2, 0.25) is 0 Å². The van der Waals surface area contributed by atoms with Gasteiger partial charge in [-0.15, -0.1) is 40.6 Å². The zero-order chi connectivity index (χ0) is 16.3. The first-order valence-electron chi connectivity index (χ1n) is 8.29. The third-order valence-electron chi connectivity index (χ3n) is 5.03. The van der Waals surface area contributed by atoms with Crippen molar-refractivity contribution in [1.82, 2.24) is 0 Å². The molecule has 3 rings (SSSR count). The molecule has 0 saturated carbocycles. The Morgan fingerprint density at radius 1 is 0.920 bits per heavy atom. The van der Waals surface area contributed by atoms with Crippen LogP contribution in [0.1, 0.15) is 46.7 Å². The van der Waals surface area contributed by atoms with E-state index in [1.165, 1.54) is 57.0 Å². The van der Waals surface area contributed by atoms with Crippen molar-refractivity contribution in [1.29, 1.82) is 0 Å². The Balaban J connectivity index is 0. The summed E-state index contributed by atoms with van der Waals surface area (Å²) in [7, 11) is 0. The minimum Gasteiger partial charge on any atom is -1.00 e. The van der Waals surface area contributed by atoms with Gasteiger partial charge in [0, 0.05) is 0 Å². The van der Waals surface area contributed by atoms with E-state index in [-0.39, 0.29) is 35.6 Å². The number of halogens is 2. The summed E-state index contributed by atoms with van der Waals surface area (Å²) in [5.74, 6) is 0. The molecule has 0 spiro atoms. The maximum absolute atomic E-state index is 2.29. The van der Waals surface area contributed by atoms with E-state index in [0.717, 1.165) is 0 Å². The van der Waals surface area contributed by atoms with E-state index in [4.69, 9.17) is 0 Å². The molecule has 0 bridgehead atoms. The predicted molar refractivity (Wildman–Crippen MR) is 99.3 cm³/mol. The van der Waals surface area contributed by atoms with Crippen molar-refractivity contribution in [2.45, 2.75) is 54.4 Å². The molecule has 0 radical (unpaired) electrons. The number of hydrogen-bond donors (Lipinski definition) is 0. The van der Waals surface area contributed by atoms with Crippen LogP contribution in [0.2, 0.25) is 0 Å². The van der Waals surface area contributed by atoms with Gasteiger partial charge in [-0.05, 0) is 6.42 Å². The van der Waals surface area contributed by atoms with Crippen LogP contribution in [0, 0.1) is 34.6 Å². The van der Waals surface area contributed by atoms with Gasteiger partial charge in [-0.1, -0.05) is 54.0 Å². The number of benzene rings is 1. The fourth-order valence-electron chi connectivity index (χ4n) is 3.05. The molecule has 0 unspecified atom stereocenters. The average molecular weight is 422 g/mol. The van der Waals surface area contributed by atoms with Crippen LogP contribution in [-0.4, -0.2) is 0 Å². The molecule has 0 fully saturated rings. The standard InChI is InChI=1S/C12H13.C10H15.2FH.Zr/c1-2-5-10-8-11-6-3-4-7-12(11)9-10;1-6-7(2)9(4)10(5)8(6)3;;;/h3-4,6-9H,2,5H2,1H3;1-5H3;2*1H;/q2*-1;;;+4/p-2. The topological polar surface area (TPSA) is 0 Å². The monoisotopic (exact) mass is 420 g/mol. The summed E-state index contributed by atoms with van der Waals surface area (Å²) in [5.41, 5.74) is 8.81. The van der Waals surface area contributed by atoms with E-state index in [1.54, 1.807) is 0 Å². The van der Waals surface area contributed by atoms with Gasteiger partial charge in [-0.25, -0.2) is 0 Å². The first-order chi connectivity index (χ1) is 10.5. The van der Waals surface area contributed by atoms with E-state index in [2.05, 4.69) is 77.9 Å². The number of hydrogen-bond acceptors (Lipinski definition) is 0. The van der Waals surface area contributed by atoms with Crippen molar-refractivity contribution >= 4 is 10.8 Å². The smallest absolute Gasteiger partial charge is 1.00 e. The van der Waals surface area contributed by atoms with Crippen molar-refractivity contribution in [2.75, 3.05) is 0 Å². The average Bonchev–Trinajstić information content (AvgIpc) is 3.00. The van der Waals surface area contributed by atoms with Crippen LogP contribution in [0.25, 0.3) is 10.8 Å². The van der Waals surface area contributed by atoms with Crippen LogP contribution >= 0.6 is 0 Å². The Morgan fingerprint density at radius 3 is 1.84 bits per heavy atom. The molecular weight excluding hydrogens is 393 g/mol. The van der Waals surface area contributed by atoms with Crippen molar-refractivity contribution < 1.29 is 35.6 Å². The summed E-state index contributed by atoms with van der Waals surface area (Å²) in [6.45, 7) is 13.2. The van der Waals surface area contributed by atoms with Gasteiger partial charge >= 0.3 is 26.2 Å². The van der Waals surface area contributed by atoms with Gasteiger partial charge in [0.1, 0.15) is 0 Å². The Kier molecular flexibility index (Phi) is 12.1. The van der Waals surface area contributed by atoms with Crippen molar-refractivity contribution in [3.05, 3.63) is 69.8 Å². The van der Waals surface area contributed by atoms with Gasteiger partial charge in [0.15, 0.2) is 0 Å². The van der Waals surface area contributed by atoms with E-state index in [9.17, 15) is 0 Å². The summed E-state index contributed by atoms with van der Waals surface area (Å²) in [6, 6.07) is 13.1. The molecule has 0 aliphatic carbocycles. The second-order valence-electron chi connectivity index (χ2n) is 6.37. The molecule has 0 heterocycles. The number of fused-ring (bicyclic) bond motifs is 1. The molecule has 25 heavy (non-hydrogen) atoms. The normalized spacial score (nSPS) is 9.36. The minimum atomic E-state index is 0. The predicted octanol–water partition coefficient (Wildman–Crippen LogP) is 0.464. The molecule has 0 atom stereocenters. The van der Waals surface area contributed by atoms with Crippen LogP contribution in [0.4, 0.5) is 0 Å². The third kappa shape index (κ3) is 5.99. The summed E-state index contributed by atoms with van der Waals surface area (Å²) in [4.78, 5) is 0. The molecule has 0 saturated heterocycles. The Labute approximate surface area is 170 Å². The minimum absolute atomic E-state index is 0. The van der Waals surface area contributed by atoms with Gasteiger partial charge in [0.25, 0.3) is 0 Å². The Hall–Kier alpha value is -1.08.